The Kier molecular flexibility index (Phi) is 4.56. The standard InChI is InChI=1S/C19H21BrN4O2/c1-22-19(26)17(20)16(12-21-22)23-9-6-14(7-10-23)18(25)24-11-8-13-4-2-3-5-15(13)24/h2-5,12,14H,6-11H2,1H3. The van der Waals surface area contributed by atoms with Crippen molar-refractivity contribution in [3.05, 3.63) is 50.9 Å². The highest BCUT2D eigenvalue weighted by Crippen LogP contribution is 2.32. The minimum Gasteiger partial charge on any atom is -0.369 e. The van der Waals surface area contributed by atoms with Gasteiger partial charge in [-0.25, -0.2) is 4.68 Å². The van der Waals surface area contributed by atoms with Crippen LogP contribution in [0.5, 0.6) is 0 Å². The average Bonchev–Trinajstić information content (AvgIpc) is 3.10. The van der Waals surface area contributed by atoms with E-state index >= 15 is 0 Å². The lowest BCUT2D eigenvalue weighted by Gasteiger charge is -2.34. The van der Waals surface area contributed by atoms with Gasteiger partial charge >= 0.3 is 0 Å². The highest BCUT2D eigenvalue weighted by atomic mass is 79.9. The number of rotatable bonds is 2. The number of nitrogens with zero attached hydrogens (tertiary/aromatic N) is 4. The van der Waals surface area contributed by atoms with Crippen molar-refractivity contribution in [2.45, 2.75) is 19.3 Å². The molecular weight excluding hydrogens is 396 g/mol. The molecular formula is C19H21BrN4O2. The van der Waals surface area contributed by atoms with Gasteiger partial charge in [-0.15, -0.1) is 0 Å². The summed E-state index contributed by atoms with van der Waals surface area (Å²) in [5.74, 6) is 0.270. The second-order valence-corrected chi connectivity index (χ2v) is 7.70. The van der Waals surface area contributed by atoms with E-state index in [1.54, 1.807) is 13.2 Å². The second-order valence-electron chi connectivity index (χ2n) is 6.90. The number of carbonyl (C=O) groups excluding carboxylic acids is 1. The molecule has 1 fully saturated rings. The molecule has 0 aliphatic carbocycles. The molecule has 136 valence electrons. The lowest BCUT2D eigenvalue weighted by molar-refractivity contribution is -0.122. The zero-order valence-electron chi connectivity index (χ0n) is 14.7. The topological polar surface area (TPSA) is 58.4 Å². The van der Waals surface area contributed by atoms with Crippen molar-refractivity contribution >= 4 is 33.2 Å². The van der Waals surface area contributed by atoms with Crippen LogP contribution in [0.25, 0.3) is 0 Å². The summed E-state index contributed by atoms with van der Waals surface area (Å²) >= 11 is 3.39. The molecule has 0 spiro atoms. The fraction of sp³-hybridized carbons (Fsp3) is 0.421. The van der Waals surface area contributed by atoms with Gasteiger partial charge in [0.1, 0.15) is 4.47 Å². The summed E-state index contributed by atoms with van der Waals surface area (Å²) in [4.78, 5) is 29.2. The minimum atomic E-state index is -0.144. The average molecular weight is 417 g/mol. The van der Waals surface area contributed by atoms with Crippen molar-refractivity contribution in [3.63, 3.8) is 0 Å². The Morgan fingerprint density at radius 2 is 1.88 bits per heavy atom. The largest absolute Gasteiger partial charge is 0.369 e. The molecule has 26 heavy (non-hydrogen) atoms. The third-order valence-corrected chi connectivity index (χ3v) is 6.14. The van der Waals surface area contributed by atoms with Gasteiger partial charge in [0.05, 0.1) is 11.9 Å². The van der Waals surface area contributed by atoms with Gasteiger partial charge in [0, 0.05) is 38.3 Å². The molecule has 1 amide bonds. The van der Waals surface area contributed by atoms with Gasteiger partial charge in [-0.2, -0.15) is 5.10 Å². The number of carbonyl (C=O) groups is 1. The predicted molar refractivity (Wildman–Crippen MR) is 105 cm³/mol. The van der Waals surface area contributed by atoms with Crippen LogP contribution in [0.4, 0.5) is 11.4 Å². The Morgan fingerprint density at radius 3 is 2.65 bits per heavy atom. The Balaban J connectivity index is 1.45. The molecule has 1 aromatic heterocycles. The Bertz CT molecular complexity index is 903. The molecule has 6 nitrogen and oxygen atoms in total. The fourth-order valence-electron chi connectivity index (χ4n) is 3.88. The first-order valence-electron chi connectivity index (χ1n) is 8.92. The molecule has 3 heterocycles. The lowest BCUT2D eigenvalue weighted by atomic mass is 9.95. The van der Waals surface area contributed by atoms with Gasteiger partial charge in [-0.1, -0.05) is 18.2 Å². The number of anilines is 2. The normalized spacial score (nSPS) is 17.5. The summed E-state index contributed by atoms with van der Waals surface area (Å²) in [5.41, 5.74) is 2.99. The maximum Gasteiger partial charge on any atom is 0.282 e. The van der Waals surface area contributed by atoms with Crippen molar-refractivity contribution in [1.82, 2.24) is 9.78 Å². The first-order valence-corrected chi connectivity index (χ1v) is 9.71. The van der Waals surface area contributed by atoms with E-state index in [-0.39, 0.29) is 17.4 Å². The summed E-state index contributed by atoms with van der Waals surface area (Å²) in [5, 5.41) is 4.11. The molecule has 1 aromatic carbocycles. The number of aromatic nitrogens is 2. The maximum atomic E-state index is 13.0. The third-order valence-electron chi connectivity index (χ3n) is 5.40. The van der Waals surface area contributed by atoms with E-state index in [2.05, 4.69) is 32.0 Å². The van der Waals surface area contributed by atoms with E-state index in [0.29, 0.717) is 4.47 Å². The molecule has 4 rings (SSSR count). The number of amides is 1. The van der Waals surface area contributed by atoms with Crippen LogP contribution in [-0.4, -0.2) is 35.3 Å². The van der Waals surface area contributed by atoms with Crippen LogP contribution in [0.15, 0.2) is 39.7 Å². The van der Waals surface area contributed by atoms with E-state index < -0.39 is 0 Å². The first-order chi connectivity index (χ1) is 12.6. The van der Waals surface area contributed by atoms with Gasteiger partial charge in [-0.05, 0) is 46.8 Å². The van der Waals surface area contributed by atoms with Crippen molar-refractivity contribution in [1.29, 1.82) is 0 Å². The van der Waals surface area contributed by atoms with E-state index in [9.17, 15) is 9.59 Å². The van der Waals surface area contributed by atoms with Crippen LogP contribution < -0.4 is 15.4 Å². The monoisotopic (exact) mass is 416 g/mol. The van der Waals surface area contributed by atoms with E-state index in [1.807, 2.05) is 23.1 Å². The molecule has 0 unspecified atom stereocenters. The van der Waals surface area contributed by atoms with Crippen molar-refractivity contribution in [2.75, 3.05) is 29.4 Å². The molecule has 0 radical (unpaired) electrons. The molecule has 0 N–H and O–H groups in total. The molecule has 2 aromatic rings. The molecule has 0 bridgehead atoms. The molecule has 0 atom stereocenters. The van der Waals surface area contributed by atoms with Crippen LogP contribution in [0, 0.1) is 5.92 Å². The quantitative estimate of drug-likeness (QED) is 0.753. The highest BCUT2D eigenvalue weighted by molar-refractivity contribution is 9.10. The number of aryl methyl sites for hydroxylation is 1. The summed E-state index contributed by atoms with van der Waals surface area (Å²) in [7, 11) is 1.63. The Labute approximate surface area is 160 Å². The first kappa shape index (κ1) is 17.3. The maximum absolute atomic E-state index is 13.0. The zero-order chi connectivity index (χ0) is 18.3. The smallest absolute Gasteiger partial charge is 0.282 e. The molecule has 1 saturated heterocycles. The van der Waals surface area contributed by atoms with E-state index in [4.69, 9.17) is 0 Å². The zero-order valence-corrected chi connectivity index (χ0v) is 16.3. The minimum absolute atomic E-state index is 0.0377. The number of hydrogen-bond donors (Lipinski definition) is 0. The van der Waals surface area contributed by atoms with Crippen LogP contribution >= 0.6 is 15.9 Å². The fourth-order valence-corrected chi connectivity index (χ4v) is 4.49. The molecule has 2 aliphatic rings. The number of hydrogen-bond acceptors (Lipinski definition) is 4. The van der Waals surface area contributed by atoms with Crippen molar-refractivity contribution in [3.8, 4) is 0 Å². The Morgan fingerprint density at radius 1 is 1.15 bits per heavy atom. The number of para-hydroxylation sites is 1. The number of piperidine rings is 1. The van der Waals surface area contributed by atoms with Gasteiger partial charge in [0.2, 0.25) is 5.91 Å². The molecule has 0 saturated carbocycles. The van der Waals surface area contributed by atoms with Crippen LogP contribution in [-0.2, 0) is 18.3 Å². The molecule has 7 heteroatoms. The predicted octanol–water partition coefficient (Wildman–Crippen LogP) is 2.35. The number of halogens is 1. The van der Waals surface area contributed by atoms with Gasteiger partial charge < -0.3 is 9.80 Å². The number of benzene rings is 1. The van der Waals surface area contributed by atoms with Gasteiger partial charge in [-0.3, -0.25) is 9.59 Å². The van der Waals surface area contributed by atoms with E-state index in [1.165, 1.54) is 10.2 Å². The lowest BCUT2D eigenvalue weighted by Crippen LogP contribution is -2.42. The van der Waals surface area contributed by atoms with Crippen LogP contribution in [0.2, 0.25) is 0 Å². The van der Waals surface area contributed by atoms with E-state index in [0.717, 1.165) is 50.3 Å². The van der Waals surface area contributed by atoms with Gasteiger partial charge in [0.25, 0.3) is 5.56 Å². The van der Waals surface area contributed by atoms with Crippen LogP contribution in [0.1, 0.15) is 18.4 Å². The summed E-state index contributed by atoms with van der Waals surface area (Å²) in [6.45, 7) is 2.28. The molecule has 2 aliphatic heterocycles. The van der Waals surface area contributed by atoms with Crippen LogP contribution in [0.3, 0.4) is 0 Å². The van der Waals surface area contributed by atoms with Gasteiger partial charge in [0.15, 0.2) is 0 Å². The summed E-state index contributed by atoms with van der Waals surface area (Å²) < 4.78 is 1.85. The summed E-state index contributed by atoms with van der Waals surface area (Å²) in [6, 6.07) is 8.17. The third kappa shape index (κ3) is 2.94. The SMILES string of the molecule is Cn1ncc(N2CCC(C(=O)N3CCc4ccccc43)CC2)c(Br)c1=O. The number of fused-ring (bicyclic) bond motifs is 1. The highest BCUT2D eigenvalue weighted by Gasteiger charge is 2.32. The van der Waals surface area contributed by atoms with Crippen molar-refractivity contribution in [2.24, 2.45) is 13.0 Å². The van der Waals surface area contributed by atoms with Crippen molar-refractivity contribution < 1.29 is 4.79 Å². The Hall–Kier alpha value is -2.15. The summed E-state index contributed by atoms with van der Waals surface area (Å²) in [6.07, 6.45) is 4.23. The second kappa shape index (κ2) is 6.87.